The molecule has 2 aromatic rings. The summed E-state index contributed by atoms with van der Waals surface area (Å²) < 4.78 is 59.2. The van der Waals surface area contributed by atoms with Gasteiger partial charge >= 0.3 is 12.1 Å². The number of alkyl halides is 3. The van der Waals surface area contributed by atoms with Crippen molar-refractivity contribution in [1.82, 2.24) is 4.90 Å². The standard InChI is InChI=1S/C20H19F4NO4/c1-25(10-16-4-2-3-5-17(16)21)18(26)12-29-19(27)15-8-6-14(7-9-15)11-28-13-20(22,23)24/h2-9H,10-13H2,1H3. The summed E-state index contributed by atoms with van der Waals surface area (Å²) >= 11 is 0. The monoisotopic (exact) mass is 413 g/mol. The molecule has 0 saturated heterocycles. The zero-order valence-corrected chi connectivity index (χ0v) is 15.5. The lowest BCUT2D eigenvalue weighted by atomic mass is 10.1. The molecule has 0 aliphatic heterocycles. The first-order valence-corrected chi connectivity index (χ1v) is 8.53. The van der Waals surface area contributed by atoms with Crippen LogP contribution in [-0.4, -0.2) is 43.2 Å². The third-order valence-electron chi connectivity index (χ3n) is 3.84. The van der Waals surface area contributed by atoms with Gasteiger partial charge in [0.25, 0.3) is 5.91 Å². The summed E-state index contributed by atoms with van der Waals surface area (Å²) in [7, 11) is 1.46. The average Bonchev–Trinajstić information content (AvgIpc) is 2.67. The van der Waals surface area contributed by atoms with Crippen LogP contribution in [0.2, 0.25) is 0 Å². The van der Waals surface area contributed by atoms with E-state index in [1.807, 2.05) is 0 Å². The van der Waals surface area contributed by atoms with Crippen LogP contribution < -0.4 is 0 Å². The number of carbonyl (C=O) groups excluding carboxylic acids is 2. The zero-order valence-electron chi connectivity index (χ0n) is 15.5. The highest BCUT2D eigenvalue weighted by Crippen LogP contribution is 2.16. The smallest absolute Gasteiger partial charge is 0.411 e. The predicted molar refractivity (Wildman–Crippen MR) is 95.3 cm³/mol. The van der Waals surface area contributed by atoms with Gasteiger partial charge in [-0.1, -0.05) is 30.3 Å². The van der Waals surface area contributed by atoms with Crippen LogP contribution in [0, 0.1) is 5.82 Å². The molecule has 0 heterocycles. The van der Waals surface area contributed by atoms with Crippen LogP contribution in [0.25, 0.3) is 0 Å². The fourth-order valence-electron chi connectivity index (χ4n) is 2.31. The fourth-order valence-corrected chi connectivity index (χ4v) is 2.31. The number of benzene rings is 2. The molecule has 0 aliphatic rings. The van der Waals surface area contributed by atoms with Gasteiger partial charge in [-0.3, -0.25) is 4.79 Å². The van der Waals surface area contributed by atoms with Crippen LogP contribution in [-0.2, 0) is 27.4 Å². The molecule has 0 saturated carbocycles. The van der Waals surface area contributed by atoms with Crippen LogP contribution >= 0.6 is 0 Å². The zero-order chi connectivity index (χ0) is 21.4. The number of likely N-dealkylation sites (N-methyl/N-ethyl adjacent to an activating group) is 1. The van der Waals surface area contributed by atoms with Crippen LogP contribution in [0.4, 0.5) is 17.6 Å². The van der Waals surface area contributed by atoms with E-state index in [2.05, 4.69) is 4.74 Å². The Bertz CT molecular complexity index is 837. The Kier molecular flexibility index (Phi) is 7.72. The lowest BCUT2D eigenvalue weighted by molar-refractivity contribution is -0.176. The third kappa shape index (κ3) is 7.53. The van der Waals surface area contributed by atoms with Crippen LogP contribution in [0.3, 0.4) is 0 Å². The molecule has 2 aromatic carbocycles. The lowest BCUT2D eigenvalue weighted by Crippen LogP contribution is -2.31. The summed E-state index contributed by atoms with van der Waals surface area (Å²) in [6.45, 7) is -2.12. The molecule has 0 fully saturated rings. The topological polar surface area (TPSA) is 55.8 Å². The van der Waals surface area contributed by atoms with Crippen LogP contribution in [0.15, 0.2) is 48.5 Å². The Morgan fingerprint density at radius 2 is 1.69 bits per heavy atom. The molecule has 2 rings (SSSR count). The van der Waals surface area contributed by atoms with Crippen molar-refractivity contribution < 1.29 is 36.6 Å². The molecule has 0 N–H and O–H groups in total. The number of ether oxygens (including phenoxy) is 2. The molecule has 0 aromatic heterocycles. The SMILES string of the molecule is CN(Cc1ccccc1F)C(=O)COC(=O)c1ccc(COCC(F)(F)F)cc1. The number of rotatable bonds is 8. The molecule has 0 unspecified atom stereocenters. The van der Waals surface area contributed by atoms with Crippen molar-refractivity contribution in [3.8, 4) is 0 Å². The van der Waals surface area contributed by atoms with E-state index in [9.17, 15) is 27.2 Å². The van der Waals surface area contributed by atoms with Crippen molar-refractivity contribution in [3.05, 3.63) is 71.0 Å². The number of amides is 1. The van der Waals surface area contributed by atoms with Gasteiger partial charge < -0.3 is 14.4 Å². The maximum Gasteiger partial charge on any atom is 0.411 e. The Labute approximate surface area is 164 Å². The highest BCUT2D eigenvalue weighted by Gasteiger charge is 2.27. The molecule has 156 valence electrons. The maximum absolute atomic E-state index is 13.6. The number of esters is 1. The quantitative estimate of drug-likeness (QED) is 0.489. The summed E-state index contributed by atoms with van der Waals surface area (Å²) in [5.74, 6) is -1.72. The van der Waals surface area contributed by atoms with Crippen molar-refractivity contribution in [1.29, 1.82) is 0 Å². The van der Waals surface area contributed by atoms with Gasteiger partial charge in [0, 0.05) is 19.2 Å². The maximum atomic E-state index is 13.6. The first-order valence-electron chi connectivity index (χ1n) is 8.53. The van der Waals surface area contributed by atoms with E-state index in [0.29, 0.717) is 11.1 Å². The van der Waals surface area contributed by atoms with E-state index in [4.69, 9.17) is 4.74 Å². The summed E-state index contributed by atoms with van der Waals surface area (Å²) in [5, 5.41) is 0. The number of nitrogens with zero attached hydrogens (tertiary/aromatic N) is 1. The van der Waals surface area contributed by atoms with E-state index in [-0.39, 0.29) is 18.7 Å². The Balaban J connectivity index is 1.80. The third-order valence-corrected chi connectivity index (χ3v) is 3.84. The summed E-state index contributed by atoms with van der Waals surface area (Å²) in [6.07, 6.45) is -4.41. The summed E-state index contributed by atoms with van der Waals surface area (Å²) in [4.78, 5) is 25.3. The van der Waals surface area contributed by atoms with Gasteiger partial charge in [-0.05, 0) is 23.8 Å². The Morgan fingerprint density at radius 1 is 1.03 bits per heavy atom. The van der Waals surface area contributed by atoms with E-state index < -0.39 is 37.1 Å². The van der Waals surface area contributed by atoms with Crippen molar-refractivity contribution in [2.24, 2.45) is 0 Å². The van der Waals surface area contributed by atoms with Crippen molar-refractivity contribution in [2.45, 2.75) is 19.3 Å². The van der Waals surface area contributed by atoms with Gasteiger partial charge in [-0.15, -0.1) is 0 Å². The van der Waals surface area contributed by atoms with Gasteiger partial charge in [0.05, 0.1) is 12.2 Å². The number of hydrogen-bond acceptors (Lipinski definition) is 4. The molecule has 0 atom stereocenters. The molecule has 9 heteroatoms. The Hall–Kier alpha value is -2.94. The highest BCUT2D eigenvalue weighted by molar-refractivity contribution is 5.91. The van der Waals surface area contributed by atoms with Crippen molar-refractivity contribution in [2.75, 3.05) is 20.3 Å². The molecule has 29 heavy (non-hydrogen) atoms. The Morgan fingerprint density at radius 3 is 2.31 bits per heavy atom. The molecule has 0 bridgehead atoms. The normalized spacial score (nSPS) is 11.2. The van der Waals surface area contributed by atoms with Gasteiger partial charge in [0.1, 0.15) is 12.4 Å². The molecule has 0 spiro atoms. The average molecular weight is 413 g/mol. The van der Waals surface area contributed by atoms with Gasteiger partial charge in [-0.25, -0.2) is 9.18 Å². The second kappa shape index (κ2) is 10.0. The first-order chi connectivity index (χ1) is 13.7. The minimum Gasteiger partial charge on any atom is -0.452 e. The van der Waals surface area contributed by atoms with E-state index in [0.717, 1.165) is 0 Å². The van der Waals surface area contributed by atoms with E-state index in [1.54, 1.807) is 12.1 Å². The predicted octanol–water partition coefficient (Wildman–Crippen LogP) is 3.72. The first kappa shape index (κ1) is 22.4. The summed E-state index contributed by atoms with van der Waals surface area (Å²) in [6, 6.07) is 11.6. The largest absolute Gasteiger partial charge is 0.452 e. The van der Waals surface area contributed by atoms with Crippen molar-refractivity contribution in [3.63, 3.8) is 0 Å². The minimum atomic E-state index is -4.41. The molecule has 5 nitrogen and oxygen atoms in total. The molecule has 0 radical (unpaired) electrons. The van der Waals surface area contributed by atoms with E-state index >= 15 is 0 Å². The van der Waals surface area contributed by atoms with Crippen LogP contribution in [0.1, 0.15) is 21.5 Å². The fraction of sp³-hybridized carbons (Fsp3) is 0.300. The molecule has 0 aliphatic carbocycles. The number of carbonyl (C=O) groups is 2. The van der Waals surface area contributed by atoms with Gasteiger partial charge in [0.2, 0.25) is 0 Å². The molecular weight excluding hydrogens is 394 g/mol. The van der Waals surface area contributed by atoms with E-state index in [1.165, 1.54) is 48.3 Å². The van der Waals surface area contributed by atoms with Crippen molar-refractivity contribution >= 4 is 11.9 Å². The molecule has 1 amide bonds. The minimum absolute atomic E-state index is 0.0235. The highest BCUT2D eigenvalue weighted by atomic mass is 19.4. The van der Waals surface area contributed by atoms with Crippen LogP contribution in [0.5, 0.6) is 0 Å². The van der Waals surface area contributed by atoms with Gasteiger partial charge in [-0.2, -0.15) is 13.2 Å². The van der Waals surface area contributed by atoms with Gasteiger partial charge in [0.15, 0.2) is 6.61 Å². The lowest BCUT2D eigenvalue weighted by Gasteiger charge is -2.17. The summed E-state index contributed by atoms with van der Waals surface area (Å²) in [5.41, 5.74) is 0.915. The second-order valence-corrected chi connectivity index (χ2v) is 6.22. The second-order valence-electron chi connectivity index (χ2n) is 6.22. The molecular formula is C20H19F4NO4. The number of halogens is 4. The number of hydrogen-bond donors (Lipinski definition) is 0.